The fraction of sp³-hybridized carbons (Fsp3) is 0.200. The third-order valence-corrected chi connectivity index (χ3v) is 4.96. The van der Waals surface area contributed by atoms with Gasteiger partial charge in [0.2, 0.25) is 0 Å². The van der Waals surface area contributed by atoms with Crippen LogP contribution in [0.2, 0.25) is 0 Å². The van der Waals surface area contributed by atoms with Gasteiger partial charge in [0.15, 0.2) is 0 Å². The molecular weight excluding hydrogens is 270 g/mol. The lowest BCUT2D eigenvalue weighted by atomic mass is 9.96. The fourth-order valence-electron chi connectivity index (χ4n) is 4.02. The predicted molar refractivity (Wildman–Crippen MR) is 91.8 cm³/mol. The summed E-state index contributed by atoms with van der Waals surface area (Å²) in [5, 5.41) is 5.37. The maximum Gasteiger partial charge on any atom is 0.119 e. The maximum atomic E-state index is 5.45. The van der Waals surface area contributed by atoms with Gasteiger partial charge >= 0.3 is 0 Å². The van der Waals surface area contributed by atoms with E-state index in [0.717, 1.165) is 12.3 Å². The van der Waals surface area contributed by atoms with Crippen LogP contribution in [0.25, 0.3) is 32.6 Å². The third-order valence-electron chi connectivity index (χ3n) is 4.96. The van der Waals surface area contributed by atoms with Crippen LogP contribution < -0.4 is 4.74 Å². The molecule has 5 rings (SSSR count). The number of nitrogens with zero attached hydrogens (tertiary/aromatic N) is 1. The lowest BCUT2D eigenvalue weighted by Gasteiger charge is -2.17. The van der Waals surface area contributed by atoms with Crippen molar-refractivity contribution in [3.05, 3.63) is 54.1 Å². The van der Waals surface area contributed by atoms with Gasteiger partial charge in [-0.2, -0.15) is 0 Å². The lowest BCUT2D eigenvalue weighted by Crippen LogP contribution is -2.07. The second kappa shape index (κ2) is 4.26. The van der Waals surface area contributed by atoms with Crippen LogP contribution in [0, 0.1) is 0 Å². The van der Waals surface area contributed by atoms with E-state index in [9.17, 15) is 0 Å². The van der Waals surface area contributed by atoms with Gasteiger partial charge in [0, 0.05) is 22.8 Å². The number of rotatable bonds is 1. The Hall–Kier alpha value is -2.48. The van der Waals surface area contributed by atoms with Crippen LogP contribution in [-0.4, -0.2) is 11.7 Å². The van der Waals surface area contributed by atoms with Gasteiger partial charge in [-0.1, -0.05) is 24.3 Å². The Bertz CT molecular complexity index is 1040. The first-order valence-corrected chi connectivity index (χ1v) is 7.87. The Morgan fingerprint density at radius 2 is 1.91 bits per heavy atom. The summed E-state index contributed by atoms with van der Waals surface area (Å²) in [4.78, 5) is 0. The van der Waals surface area contributed by atoms with E-state index in [1.807, 2.05) is 0 Å². The molecule has 0 unspecified atom stereocenters. The third kappa shape index (κ3) is 1.45. The van der Waals surface area contributed by atoms with E-state index in [2.05, 4.69) is 53.1 Å². The highest BCUT2D eigenvalue weighted by Gasteiger charge is 2.19. The van der Waals surface area contributed by atoms with Crippen molar-refractivity contribution in [2.24, 2.45) is 0 Å². The van der Waals surface area contributed by atoms with Crippen LogP contribution in [0.5, 0.6) is 5.75 Å². The van der Waals surface area contributed by atoms with Gasteiger partial charge in [-0.15, -0.1) is 0 Å². The monoisotopic (exact) mass is 287 g/mol. The van der Waals surface area contributed by atoms with E-state index in [1.54, 1.807) is 7.11 Å². The number of hydrogen-bond donors (Lipinski definition) is 0. The normalized spacial score (nSPS) is 14.0. The minimum absolute atomic E-state index is 0.926. The second-order valence-corrected chi connectivity index (χ2v) is 6.12. The number of fused-ring (bicyclic) bond motifs is 5. The molecular formula is C20H17NO. The van der Waals surface area contributed by atoms with E-state index >= 15 is 0 Å². The van der Waals surface area contributed by atoms with Crippen molar-refractivity contribution in [3.8, 4) is 5.75 Å². The SMILES string of the molecule is COc1ccc2cc3c4c(c2c1)c1ccccc1n4CCC3. The summed E-state index contributed by atoms with van der Waals surface area (Å²) in [6.45, 7) is 1.12. The molecule has 4 aromatic rings. The number of benzene rings is 3. The number of methoxy groups -OCH3 is 1. The molecule has 0 atom stereocenters. The summed E-state index contributed by atoms with van der Waals surface area (Å²) >= 11 is 0. The Morgan fingerprint density at radius 3 is 2.82 bits per heavy atom. The minimum atomic E-state index is 0.926. The molecule has 1 aliphatic rings. The summed E-state index contributed by atoms with van der Waals surface area (Å²) in [7, 11) is 1.74. The molecule has 1 aromatic heterocycles. The van der Waals surface area contributed by atoms with Gasteiger partial charge in [-0.25, -0.2) is 0 Å². The van der Waals surface area contributed by atoms with Gasteiger partial charge < -0.3 is 9.30 Å². The van der Waals surface area contributed by atoms with Crippen molar-refractivity contribution in [1.29, 1.82) is 0 Å². The molecule has 0 saturated heterocycles. The van der Waals surface area contributed by atoms with E-state index in [0.29, 0.717) is 0 Å². The van der Waals surface area contributed by atoms with Crippen molar-refractivity contribution in [3.63, 3.8) is 0 Å². The van der Waals surface area contributed by atoms with Crippen molar-refractivity contribution >= 4 is 32.6 Å². The Kier molecular flexibility index (Phi) is 2.34. The summed E-state index contributed by atoms with van der Waals surface area (Å²) in [6, 6.07) is 17.6. The standard InChI is InChI=1S/C20H17NO/c1-22-15-9-8-13-11-14-5-4-10-21-18-7-3-2-6-16(18)19(20(14)21)17(13)12-15/h2-3,6-9,11-12H,4-5,10H2,1H3. The average Bonchev–Trinajstić information content (AvgIpc) is 2.92. The first-order valence-electron chi connectivity index (χ1n) is 7.87. The molecule has 0 fully saturated rings. The molecule has 0 saturated carbocycles. The van der Waals surface area contributed by atoms with E-state index in [4.69, 9.17) is 4.74 Å². The first kappa shape index (κ1) is 12.1. The van der Waals surface area contributed by atoms with E-state index in [1.165, 1.54) is 51.0 Å². The summed E-state index contributed by atoms with van der Waals surface area (Å²) in [6.07, 6.45) is 2.40. The molecule has 0 amide bonds. The molecule has 2 nitrogen and oxygen atoms in total. The van der Waals surface area contributed by atoms with Crippen molar-refractivity contribution in [1.82, 2.24) is 4.57 Å². The molecule has 0 aliphatic carbocycles. The highest BCUT2D eigenvalue weighted by molar-refractivity contribution is 6.22. The average molecular weight is 287 g/mol. The molecule has 0 N–H and O–H groups in total. The number of ether oxygens (including phenoxy) is 1. The lowest BCUT2D eigenvalue weighted by molar-refractivity contribution is 0.415. The second-order valence-electron chi connectivity index (χ2n) is 6.12. The van der Waals surface area contributed by atoms with Crippen molar-refractivity contribution < 1.29 is 4.74 Å². The largest absolute Gasteiger partial charge is 0.497 e. The highest BCUT2D eigenvalue weighted by atomic mass is 16.5. The van der Waals surface area contributed by atoms with Gasteiger partial charge in [0.1, 0.15) is 5.75 Å². The van der Waals surface area contributed by atoms with Gasteiger partial charge in [0.05, 0.1) is 12.6 Å². The molecule has 3 aromatic carbocycles. The van der Waals surface area contributed by atoms with Crippen LogP contribution in [-0.2, 0) is 13.0 Å². The molecule has 0 radical (unpaired) electrons. The fourth-order valence-corrected chi connectivity index (χ4v) is 4.02. The van der Waals surface area contributed by atoms with Crippen LogP contribution >= 0.6 is 0 Å². The predicted octanol–water partition coefficient (Wildman–Crippen LogP) is 4.90. The van der Waals surface area contributed by atoms with Gasteiger partial charge in [-0.3, -0.25) is 0 Å². The summed E-state index contributed by atoms with van der Waals surface area (Å²) in [5.74, 6) is 0.926. The topological polar surface area (TPSA) is 14.2 Å². The Labute approximate surface area is 128 Å². The van der Waals surface area contributed by atoms with Crippen LogP contribution in [0.15, 0.2) is 48.5 Å². The van der Waals surface area contributed by atoms with Crippen LogP contribution in [0.4, 0.5) is 0 Å². The Morgan fingerprint density at radius 1 is 1.00 bits per heavy atom. The van der Waals surface area contributed by atoms with E-state index in [-0.39, 0.29) is 0 Å². The van der Waals surface area contributed by atoms with Crippen molar-refractivity contribution in [2.75, 3.05) is 7.11 Å². The van der Waals surface area contributed by atoms with Crippen LogP contribution in [0.1, 0.15) is 12.0 Å². The molecule has 0 spiro atoms. The molecule has 22 heavy (non-hydrogen) atoms. The number of aryl methyl sites for hydroxylation is 2. The summed E-state index contributed by atoms with van der Waals surface area (Å²) < 4.78 is 7.96. The van der Waals surface area contributed by atoms with E-state index < -0.39 is 0 Å². The molecule has 2 heterocycles. The maximum absolute atomic E-state index is 5.45. The first-order chi connectivity index (χ1) is 10.9. The number of hydrogen-bond acceptors (Lipinski definition) is 1. The zero-order valence-electron chi connectivity index (χ0n) is 12.6. The molecule has 108 valence electrons. The molecule has 2 heteroatoms. The van der Waals surface area contributed by atoms with Gasteiger partial charge in [-0.05, 0) is 53.4 Å². The van der Waals surface area contributed by atoms with Gasteiger partial charge in [0.25, 0.3) is 0 Å². The molecule has 0 bridgehead atoms. The zero-order valence-corrected chi connectivity index (χ0v) is 12.6. The molecule has 1 aliphatic heterocycles. The number of aromatic nitrogens is 1. The van der Waals surface area contributed by atoms with Crippen molar-refractivity contribution in [2.45, 2.75) is 19.4 Å². The smallest absolute Gasteiger partial charge is 0.119 e. The quantitative estimate of drug-likeness (QED) is 0.485. The zero-order chi connectivity index (χ0) is 14.7. The summed E-state index contributed by atoms with van der Waals surface area (Å²) in [5.41, 5.74) is 4.26. The number of para-hydroxylation sites is 1. The van der Waals surface area contributed by atoms with Crippen LogP contribution in [0.3, 0.4) is 0 Å². The minimum Gasteiger partial charge on any atom is -0.497 e. The Balaban J connectivity index is 2.10. The highest BCUT2D eigenvalue weighted by Crippen LogP contribution is 2.40.